The number of aryl methyl sites for hydroxylation is 1. The van der Waals surface area contributed by atoms with Crippen molar-refractivity contribution < 1.29 is 31.1 Å². The molecule has 0 radical (unpaired) electrons. The molecule has 1 atom stereocenters. The molecule has 1 fully saturated rings. The minimum absolute atomic E-state index is 0.110. The van der Waals surface area contributed by atoms with Gasteiger partial charge in [0.15, 0.2) is 0 Å². The van der Waals surface area contributed by atoms with E-state index in [1.165, 1.54) is 12.3 Å². The molecule has 1 aliphatic heterocycles. The molecule has 1 saturated heterocycles. The lowest BCUT2D eigenvalue weighted by atomic mass is 10.1. The van der Waals surface area contributed by atoms with Crippen molar-refractivity contribution in [3.63, 3.8) is 0 Å². The first-order valence-corrected chi connectivity index (χ1v) is 14.2. The number of hydrogen-bond donors (Lipinski definition) is 3. The van der Waals surface area contributed by atoms with Crippen LogP contribution in [0.5, 0.6) is 5.75 Å². The van der Waals surface area contributed by atoms with Crippen LogP contribution in [0.1, 0.15) is 24.5 Å². The Morgan fingerprint density at radius 1 is 1.12 bits per heavy atom. The Morgan fingerprint density at radius 2 is 1.76 bits per heavy atom. The first-order chi connectivity index (χ1) is 19.3. The molecule has 5 N–H and O–H groups in total. The number of ether oxygens (including phenoxy) is 1. The number of hydrogen-bond acceptors (Lipinski definition) is 7. The normalized spacial score (nSPS) is 17.3. The van der Waals surface area contributed by atoms with Crippen LogP contribution in [0, 0.1) is 0 Å². The lowest BCUT2D eigenvalue weighted by molar-refractivity contribution is -0.274. The number of amidine groups is 1. The number of nitrogens with one attached hydrogen (secondary N) is 1. The highest BCUT2D eigenvalue weighted by atomic mass is 32.2. The van der Waals surface area contributed by atoms with E-state index >= 15 is 0 Å². The van der Waals surface area contributed by atoms with Gasteiger partial charge in [0.05, 0.1) is 11.1 Å². The number of piperazine rings is 1. The smallest absolute Gasteiger partial charge is 0.406 e. The van der Waals surface area contributed by atoms with Crippen molar-refractivity contribution >= 4 is 21.8 Å². The number of nitrogens with zero attached hydrogens (tertiary/aromatic N) is 3. The van der Waals surface area contributed by atoms with Crippen molar-refractivity contribution in [2.24, 2.45) is 16.5 Å². The van der Waals surface area contributed by atoms with E-state index in [4.69, 9.17) is 11.5 Å². The maximum atomic E-state index is 13.6. The van der Waals surface area contributed by atoms with Crippen LogP contribution in [-0.4, -0.2) is 61.4 Å². The number of carbonyl (C=O) groups excluding carboxylic acids is 1. The van der Waals surface area contributed by atoms with Gasteiger partial charge in [-0.15, -0.1) is 13.2 Å². The molecule has 2 aromatic carbocycles. The van der Waals surface area contributed by atoms with Crippen LogP contribution in [0.2, 0.25) is 0 Å². The summed E-state index contributed by atoms with van der Waals surface area (Å²) in [5.74, 6) is -0.871. The van der Waals surface area contributed by atoms with Gasteiger partial charge in [0.1, 0.15) is 23.4 Å². The van der Waals surface area contributed by atoms with Gasteiger partial charge in [0, 0.05) is 26.2 Å². The van der Waals surface area contributed by atoms with Gasteiger partial charge in [-0.25, -0.2) is 13.4 Å². The van der Waals surface area contributed by atoms with Gasteiger partial charge >= 0.3 is 6.36 Å². The highest BCUT2D eigenvalue weighted by molar-refractivity contribution is 7.89. The van der Waals surface area contributed by atoms with Crippen molar-refractivity contribution in [3.8, 4) is 5.75 Å². The van der Waals surface area contributed by atoms with Gasteiger partial charge < -0.3 is 26.4 Å². The van der Waals surface area contributed by atoms with Crippen molar-refractivity contribution in [3.05, 3.63) is 84.3 Å². The predicted octanol–water partition coefficient (Wildman–Crippen LogP) is 2.83. The average Bonchev–Trinajstić information content (AvgIpc) is 2.94. The zero-order valence-corrected chi connectivity index (χ0v) is 23.3. The Labute approximate surface area is 237 Å². The van der Waals surface area contributed by atoms with Crippen LogP contribution >= 0.6 is 0 Å². The standard InChI is InChI=1S/C27H33F3N6O4S/c1-3-5-19-6-8-20(9-7-19)16-34-26(37)23-18-35(25(32)17-33-24(31)4-2)14-15-36(23)41(38,39)22-12-10-21(11-13-22)40-27(28,29)30/h4,6-13,17,23H,2-3,5,14-16,18,32H2,1H3,(H2,31,33)(H,34,37)/b25-17+/t23-/m1/s1. The molecule has 2 aromatic rings. The summed E-state index contributed by atoms with van der Waals surface area (Å²) in [4.78, 5) is 18.7. The van der Waals surface area contributed by atoms with E-state index in [2.05, 4.69) is 28.5 Å². The number of benzene rings is 2. The Balaban J connectivity index is 1.85. The van der Waals surface area contributed by atoms with Crippen molar-refractivity contribution in [1.29, 1.82) is 0 Å². The van der Waals surface area contributed by atoms with Crippen LogP contribution < -0.4 is 21.5 Å². The number of carbonyl (C=O) groups is 1. The number of aliphatic imine (C=N–C) groups is 1. The highest BCUT2D eigenvalue weighted by Crippen LogP contribution is 2.27. The molecule has 0 saturated carbocycles. The van der Waals surface area contributed by atoms with Crippen LogP contribution in [0.15, 0.2) is 83.1 Å². The summed E-state index contributed by atoms with van der Waals surface area (Å²) in [6.07, 6.45) is -0.389. The van der Waals surface area contributed by atoms with Gasteiger partial charge in [0.2, 0.25) is 15.9 Å². The van der Waals surface area contributed by atoms with E-state index in [0.717, 1.165) is 52.5 Å². The maximum Gasteiger partial charge on any atom is 0.573 e. The van der Waals surface area contributed by atoms with Crippen LogP contribution in [0.4, 0.5) is 13.2 Å². The fraction of sp³-hybridized carbons (Fsp3) is 0.333. The van der Waals surface area contributed by atoms with Crippen molar-refractivity contribution in [1.82, 2.24) is 14.5 Å². The van der Waals surface area contributed by atoms with Crippen molar-refractivity contribution in [2.75, 3.05) is 19.6 Å². The second-order valence-corrected chi connectivity index (χ2v) is 11.1. The highest BCUT2D eigenvalue weighted by Gasteiger charge is 2.40. The number of rotatable bonds is 11. The number of amides is 1. The lowest BCUT2D eigenvalue weighted by Crippen LogP contribution is -2.60. The largest absolute Gasteiger partial charge is 0.573 e. The summed E-state index contributed by atoms with van der Waals surface area (Å²) in [6.45, 7) is 5.61. The molecule has 0 spiro atoms. The van der Waals surface area contributed by atoms with E-state index < -0.39 is 34.1 Å². The molecule has 0 unspecified atom stereocenters. The zero-order chi connectivity index (χ0) is 30.2. The second kappa shape index (κ2) is 13.5. The van der Waals surface area contributed by atoms with Crippen LogP contribution in [-0.2, 0) is 27.8 Å². The van der Waals surface area contributed by atoms with Crippen LogP contribution in [0.25, 0.3) is 0 Å². The third-order valence-electron chi connectivity index (χ3n) is 6.25. The zero-order valence-electron chi connectivity index (χ0n) is 22.5. The Bertz CT molecular complexity index is 1380. The fourth-order valence-corrected chi connectivity index (χ4v) is 5.72. The first kappa shape index (κ1) is 31.5. The summed E-state index contributed by atoms with van der Waals surface area (Å²) >= 11 is 0. The molecule has 10 nitrogen and oxygen atoms in total. The Kier molecular flexibility index (Phi) is 10.4. The number of halogens is 3. The third-order valence-corrected chi connectivity index (χ3v) is 8.17. The van der Waals surface area contributed by atoms with E-state index in [-0.39, 0.29) is 42.7 Å². The molecule has 14 heteroatoms. The SMILES string of the molecule is C=C/C(N)=N\C=C(/N)N1CCN(S(=O)(=O)c2ccc(OC(F)(F)F)cc2)[C@@H](C(=O)NCc2ccc(CCC)cc2)C1. The fourth-order valence-electron chi connectivity index (χ4n) is 4.15. The van der Waals surface area contributed by atoms with E-state index in [0.29, 0.717) is 0 Å². The van der Waals surface area contributed by atoms with Gasteiger partial charge in [0.25, 0.3) is 0 Å². The Morgan fingerprint density at radius 3 is 2.34 bits per heavy atom. The summed E-state index contributed by atoms with van der Waals surface area (Å²) < 4.78 is 69.6. The molecule has 1 aliphatic rings. The molecule has 0 bridgehead atoms. The second-order valence-electron chi connectivity index (χ2n) is 9.19. The molecule has 41 heavy (non-hydrogen) atoms. The summed E-state index contributed by atoms with van der Waals surface area (Å²) in [5.41, 5.74) is 13.8. The lowest BCUT2D eigenvalue weighted by Gasteiger charge is -2.40. The van der Waals surface area contributed by atoms with Gasteiger partial charge in [-0.05, 0) is 47.9 Å². The Hall–Kier alpha value is -4.04. The molecular formula is C27H33F3N6O4S. The molecule has 0 aliphatic carbocycles. The van der Waals surface area contributed by atoms with E-state index in [1.807, 2.05) is 24.3 Å². The van der Waals surface area contributed by atoms with E-state index in [9.17, 15) is 26.4 Å². The average molecular weight is 595 g/mol. The topological polar surface area (TPSA) is 143 Å². The monoisotopic (exact) mass is 594 g/mol. The van der Waals surface area contributed by atoms with Gasteiger partial charge in [-0.1, -0.05) is 44.2 Å². The number of alkyl halides is 3. The van der Waals surface area contributed by atoms with Crippen LogP contribution in [0.3, 0.4) is 0 Å². The minimum Gasteiger partial charge on any atom is -0.406 e. The molecule has 1 amide bonds. The van der Waals surface area contributed by atoms with Gasteiger partial charge in [-0.3, -0.25) is 4.79 Å². The molecule has 1 heterocycles. The van der Waals surface area contributed by atoms with E-state index in [1.54, 1.807) is 4.90 Å². The molecular weight excluding hydrogens is 561 g/mol. The first-order valence-electron chi connectivity index (χ1n) is 12.7. The molecule has 3 rings (SSSR count). The van der Waals surface area contributed by atoms with Crippen molar-refractivity contribution in [2.45, 2.75) is 43.6 Å². The third kappa shape index (κ3) is 8.72. The summed E-state index contributed by atoms with van der Waals surface area (Å²) in [7, 11) is -4.30. The number of nitrogens with two attached hydrogens (primary N) is 2. The quantitative estimate of drug-likeness (QED) is 0.268. The summed E-state index contributed by atoms with van der Waals surface area (Å²) in [5, 5.41) is 2.79. The number of sulfonamides is 1. The predicted molar refractivity (Wildman–Crippen MR) is 149 cm³/mol. The summed E-state index contributed by atoms with van der Waals surface area (Å²) in [6, 6.07) is 10.3. The minimum atomic E-state index is -4.93. The molecule has 222 valence electrons. The maximum absolute atomic E-state index is 13.6. The molecule has 0 aromatic heterocycles. The van der Waals surface area contributed by atoms with Gasteiger partial charge in [-0.2, -0.15) is 4.31 Å².